The second kappa shape index (κ2) is 10.1. The van der Waals surface area contributed by atoms with Gasteiger partial charge in [-0.3, -0.25) is 9.52 Å². The van der Waals surface area contributed by atoms with Crippen molar-refractivity contribution in [3.63, 3.8) is 0 Å². The number of piperidine rings is 1. The van der Waals surface area contributed by atoms with Crippen molar-refractivity contribution >= 4 is 50.5 Å². The molecule has 0 bridgehead atoms. The number of benzene rings is 1. The summed E-state index contributed by atoms with van der Waals surface area (Å²) in [6.07, 6.45) is 3.13. The van der Waals surface area contributed by atoms with Crippen LogP contribution in [-0.2, 0) is 14.8 Å². The van der Waals surface area contributed by atoms with E-state index in [1.807, 2.05) is 17.0 Å². The van der Waals surface area contributed by atoms with E-state index in [1.54, 1.807) is 15.5 Å². The summed E-state index contributed by atoms with van der Waals surface area (Å²) in [4.78, 5) is 24.6. The lowest BCUT2D eigenvalue weighted by atomic mass is 9.98. The Kier molecular flexibility index (Phi) is 6.78. The summed E-state index contributed by atoms with van der Waals surface area (Å²) in [6, 6.07) is 8.09. The molecule has 3 aromatic rings. The number of hydrogen-bond donors (Lipinski definition) is 2. The molecule has 0 saturated carbocycles. The maximum absolute atomic E-state index is 13.9. The summed E-state index contributed by atoms with van der Waals surface area (Å²) in [7, 11) is -3.61. The molecule has 5 heterocycles. The number of nitrogens with zero attached hydrogens (tertiary/aromatic N) is 6. The van der Waals surface area contributed by atoms with E-state index in [9.17, 15) is 18.3 Å². The third-order valence-electron chi connectivity index (χ3n) is 7.29. The Bertz CT molecular complexity index is 1520. The Balaban J connectivity index is 1.38. The number of aliphatic hydroxyl groups is 1. The molecule has 0 aliphatic carbocycles. The molecule has 208 valence electrons. The van der Waals surface area contributed by atoms with E-state index in [4.69, 9.17) is 26.4 Å². The quantitative estimate of drug-likeness (QED) is 0.453. The van der Waals surface area contributed by atoms with Crippen LogP contribution >= 0.6 is 11.6 Å². The van der Waals surface area contributed by atoms with Crippen molar-refractivity contribution in [2.24, 2.45) is 0 Å². The normalized spacial score (nSPS) is 20.5. The molecule has 1 atom stereocenters. The minimum absolute atomic E-state index is 0.186. The zero-order valence-corrected chi connectivity index (χ0v) is 23.0. The van der Waals surface area contributed by atoms with Gasteiger partial charge in [-0.2, -0.15) is 9.61 Å². The van der Waals surface area contributed by atoms with Gasteiger partial charge in [-0.15, -0.1) is 0 Å². The molecule has 3 aliphatic heterocycles. The molecule has 6 rings (SSSR count). The Labute approximate surface area is 231 Å². The molecule has 2 N–H and O–H groups in total. The molecule has 1 aromatic carbocycles. The molecule has 1 amide bonds. The summed E-state index contributed by atoms with van der Waals surface area (Å²) < 4.78 is 33.7. The maximum atomic E-state index is 13.9. The van der Waals surface area contributed by atoms with Gasteiger partial charge in [0.15, 0.2) is 5.65 Å². The van der Waals surface area contributed by atoms with Crippen LogP contribution < -0.4 is 14.5 Å². The minimum Gasteiger partial charge on any atom is -0.389 e. The molecular formula is C25H30ClN7O5S. The fourth-order valence-corrected chi connectivity index (χ4v) is 6.12. The first-order valence-electron chi connectivity index (χ1n) is 12.9. The standard InChI is InChI=1S/C25H30ClN7O5S/c1-39(36,37)29-19-6-5-16(26)10-18(19)25(35)32-7-3-2-4-21(32)20-11-23-27-22(31-13-17(34)14-31)12-24(33(23)28-20)30-8-9-38-15-30/h5-6,10-12,17,21,29,34H,2-4,7-9,13-15H2,1H3. The minimum atomic E-state index is -3.61. The van der Waals surface area contributed by atoms with Crippen LogP contribution in [0.1, 0.15) is 41.4 Å². The Morgan fingerprint density at radius 2 is 1.97 bits per heavy atom. The van der Waals surface area contributed by atoms with E-state index >= 15 is 0 Å². The zero-order chi connectivity index (χ0) is 27.3. The van der Waals surface area contributed by atoms with Crippen LogP contribution in [0.15, 0.2) is 30.3 Å². The van der Waals surface area contributed by atoms with Crippen LogP contribution in [0.3, 0.4) is 0 Å². The summed E-state index contributed by atoms with van der Waals surface area (Å²) >= 11 is 6.22. The highest BCUT2D eigenvalue weighted by Gasteiger charge is 2.33. The van der Waals surface area contributed by atoms with Gasteiger partial charge in [0.25, 0.3) is 5.91 Å². The molecular weight excluding hydrogens is 546 g/mol. The van der Waals surface area contributed by atoms with Crippen molar-refractivity contribution in [2.45, 2.75) is 31.4 Å². The van der Waals surface area contributed by atoms with E-state index in [-0.39, 0.29) is 29.3 Å². The first-order valence-corrected chi connectivity index (χ1v) is 15.2. The van der Waals surface area contributed by atoms with Crippen molar-refractivity contribution in [2.75, 3.05) is 60.3 Å². The molecule has 14 heteroatoms. The number of carbonyl (C=O) groups is 1. The second-order valence-electron chi connectivity index (χ2n) is 10.2. The van der Waals surface area contributed by atoms with Crippen molar-refractivity contribution in [3.05, 3.63) is 46.6 Å². The predicted octanol–water partition coefficient (Wildman–Crippen LogP) is 2.10. The first kappa shape index (κ1) is 26.1. The fourth-order valence-electron chi connectivity index (χ4n) is 5.37. The van der Waals surface area contributed by atoms with E-state index in [0.29, 0.717) is 55.8 Å². The third kappa shape index (κ3) is 5.23. The average Bonchev–Trinajstić information content (AvgIpc) is 3.56. The van der Waals surface area contributed by atoms with Crippen LogP contribution in [0.2, 0.25) is 5.02 Å². The highest BCUT2D eigenvalue weighted by Crippen LogP contribution is 2.35. The van der Waals surface area contributed by atoms with Crippen molar-refractivity contribution in [3.8, 4) is 0 Å². The monoisotopic (exact) mass is 575 g/mol. The lowest BCUT2D eigenvalue weighted by molar-refractivity contribution is 0.0607. The lowest BCUT2D eigenvalue weighted by Gasteiger charge is -2.37. The number of aromatic nitrogens is 3. The number of halogens is 1. The summed E-state index contributed by atoms with van der Waals surface area (Å²) in [5.74, 6) is 1.28. The molecule has 1 unspecified atom stereocenters. The highest BCUT2D eigenvalue weighted by atomic mass is 35.5. The molecule has 3 fully saturated rings. The van der Waals surface area contributed by atoms with Crippen molar-refractivity contribution < 1.29 is 23.1 Å². The Morgan fingerprint density at radius 3 is 2.69 bits per heavy atom. The molecule has 12 nitrogen and oxygen atoms in total. The summed E-state index contributed by atoms with van der Waals surface area (Å²) in [6.45, 7) is 3.32. The number of anilines is 3. The van der Waals surface area contributed by atoms with Crippen molar-refractivity contribution in [1.82, 2.24) is 19.5 Å². The molecule has 0 spiro atoms. The molecule has 39 heavy (non-hydrogen) atoms. The molecule has 2 aromatic heterocycles. The van der Waals surface area contributed by atoms with Gasteiger partial charge in [0.1, 0.15) is 18.4 Å². The highest BCUT2D eigenvalue weighted by molar-refractivity contribution is 7.92. The molecule has 0 radical (unpaired) electrons. The SMILES string of the molecule is CS(=O)(=O)Nc1ccc(Cl)cc1C(=O)N1CCCCC1c1cc2nc(N3CC(O)C3)cc(N3CCOC3)n2n1. The lowest BCUT2D eigenvalue weighted by Crippen LogP contribution is -2.51. The number of nitrogens with one attached hydrogen (secondary N) is 1. The van der Waals surface area contributed by atoms with Gasteiger partial charge in [-0.1, -0.05) is 11.6 Å². The average molecular weight is 576 g/mol. The van der Waals surface area contributed by atoms with Crippen LogP contribution in [0.25, 0.3) is 5.65 Å². The Hall–Kier alpha value is -3.13. The number of amides is 1. The number of rotatable bonds is 6. The van der Waals surface area contributed by atoms with Gasteiger partial charge < -0.3 is 24.5 Å². The number of sulfonamides is 1. The van der Waals surface area contributed by atoms with Crippen LogP contribution in [0, 0.1) is 0 Å². The topological polar surface area (TPSA) is 133 Å². The number of ether oxygens (including phenoxy) is 1. The van der Waals surface area contributed by atoms with Crippen LogP contribution in [0.5, 0.6) is 0 Å². The van der Waals surface area contributed by atoms with Crippen LogP contribution in [0.4, 0.5) is 17.3 Å². The van der Waals surface area contributed by atoms with E-state index in [2.05, 4.69) is 9.62 Å². The number of likely N-dealkylation sites (tertiary alicyclic amines) is 1. The zero-order valence-electron chi connectivity index (χ0n) is 21.5. The number of hydrogen-bond acceptors (Lipinski definition) is 9. The summed E-state index contributed by atoms with van der Waals surface area (Å²) in [5, 5.41) is 15.1. The maximum Gasteiger partial charge on any atom is 0.256 e. The van der Waals surface area contributed by atoms with E-state index in [0.717, 1.165) is 37.3 Å². The van der Waals surface area contributed by atoms with Crippen molar-refractivity contribution in [1.29, 1.82) is 0 Å². The largest absolute Gasteiger partial charge is 0.389 e. The third-order valence-corrected chi connectivity index (χ3v) is 8.11. The van der Waals surface area contributed by atoms with Gasteiger partial charge in [-0.25, -0.2) is 13.4 Å². The van der Waals surface area contributed by atoms with Gasteiger partial charge >= 0.3 is 0 Å². The van der Waals surface area contributed by atoms with Gasteiger partial charge in [0.2, 0.25) is 10.0 Å². The van der Waals surface area contributed by atoms with Gasteiger partial charge in [0, 0.05) is 43.3 Å². The van der Waals surface area contributed by atoms with Gasteiger partial charge in [0.05, 0.1) is 42.0 Å². The van der Waals surface area contributed by atoms with Crippen LogP contribution in [-0.4, -0.2) is 90.8 Å². The number of aliphatic hydroxyl groups excluding tert-OH is 1. The second-order valence-corrected chi connectivity index (χ2v) is 12.4. The molecule has 3 saturated heterocycles. The number of carbonyl (C=O) groups excluding carboxylic acids is 1. The Morgan fingerprint density at radius 1 is 1.15 bits per heavy atom. The van der Waals surface area contributed by atoms with Gasteiger partial charge in [-0.05, 0) is 37.5 Å². The van der Waals surface area contributed by atoms with E-state index in [1.165, 1.54) is 12.1 Å². The first-order chi connectivity index (χ1) is 18.7. The predicted molar refractivity (Wildman–Crippen MR) is 147 cm³/mol. The summed E-state index contributed by atoms with van der Waals surface area (Å²) in [5.41, 5.74) is 1.73. The number of fused-ring (bicyclic) bond motifs is 1. The smallest absolute Gasteiger partial charge is 0.256 e. The van der Waals surface area contributed by atoms with E-state index < -0.39 is 10.0 Å². The number of β-amino-alcohol motifs (C(OH)–C–C–N with tert-alkyl or cyclic N) is 1. The fraction of sp³-hybridized carbons (Fsp3) is 0.480. The molecule has 3 aliphatic rings.